The molecule has 2 rings (SSSR count). The third-order valence-corrected chi connectivity index (χ3v) is 4.20. The van der Waals surface area contributed by atoms with Gasteiger partial charge in [0.15, 0.2) is 0 Å². The molecular formula is C16H23N3. The molecular weight excluding hydrogens is 234 g/mol. The predicted octanol–water partition coefficient (Wildman–Crippen LogP) is 3.03. The fourth-order valence-electron chi connectivity index (χ4n) is 2.77. The monoisotopic (exact) mass is 257 g/mol. The molecule has 1 aromatic rings. The van der Waals surface area contributed by atoms with Crippen molar-refractivity contribution in [2.45, 2.75) is 44.6 Å². The van der Waals surface area contributed by atoms with E-state index in [-0.39, 0.29) is 0 Å². The van der Waals surface area contributed by atoms with E-state index in [0.717, 1.165) is 17.8 Å². The van der Waals surface area contributed by atoms with Crippen LogP contribution in [0, 0.1) is 17.2 Å². The number of rotatable bonds is 4. The summed E-state index contributed by atoms with van der Waals surface area (Å²) in [7, 11) is 0. The summed E-state index contributed by atoms with van der Waals surface area (Å²) < 4.78 is 0. The molecule has 2 unspecified atom stereocenters. The lowest BCUT2D eigenvalue weighted by atomic mass is 9.86. The van der Waals surface area contributed by atoms with E-state index < -0.39 is 5.41 Å². The van der Waals surface area contributed by atoms with E-state index in [9.17, 15) is 0 Å². The minimum atomic E-state index is -0.425. The average Bonchev–Trinajstić information content (AvgIpc) is 2.86. The van der Waals surface area contributed by atoms with E-state index >= 15 is 0 Å². The molecule has 3 N–H and O–H groups in total. The molecule has 1 aromatic carbocycles. The van der Waals surface area contributed by atoms with Gasteiger partial charge in [-0.1, -0.05) is 18.6 Å². The molecule has 1 aliphatic rings. The third kappa shape index (κ3) is 3.08. The maximum atomic E-state index is 9.13. The fourth-order valence-corrected chi connectivity index (χ4v) is 2.77. The summed E-state index contributed by atoms with van der Waals surface area (Å²) in [6, 6.07) is 11.0. The number of hydrogen-bond donors (Lipinski definition) is 2. The molecule has 1 aliphatic carbocycles. The maximum absolute atomic E-state index is 9.13. The first-order valence-electron chi connectivity index (χ1n) is 7.05. The zero-order chi connectivity index (χ0) is 13.9. The van der Waals surface area contributed by atoms with Gasteiger partial charge >= 0.3 is 0 Å². The van der Waals surface area contributed by atoms with E-state index in [0.29, 0.717) is 12.0 Å². The summed E-state index contributed by atoms with van der Waals surface area (Å²) in [4.78, 5) is 0. The Bertz CT molecular complexity index is 456. The van der Waals surface area contributed by atoms with E-state index in [1.165, 1.54) is 19.3 Å². The van der Waals surface area contributed by atoms with Crippen molar-refractivity contribution in [1.82, 2.24) is 0 Å². The van der Waals surface area contributed by atoms with Gasteiger partial charge in [0.05, 0.1) is 11.5 Å². The number of nitrogens with one attached hydrogen (secondary N) is 1. The molecule has 1 saturated carbocycles. The van der Waals surface area contributed by atoms with Crippen LogP contribution in [0.4, 0.5) is 5.69 Å². The number of hydrogen-bond acceptors (Lipinski definition) is 3. The van der Waals surface area contributed by atoms with E-state index in [2.05, 4.69) is 23.5 Å². The molecule has 0 radical (unpaired) electrons. The quantitative estimate of drug-likeness (QED) is 0.871. The standard InChI is InChI=1S/C16H23N3/c1-16(2,11-18)13-6-8-14(9-7-13)19-15-5-3-4-12(15)10-17/h6-9,12,15,19H,3-5,10,17H2,1-2H3. The van der Waals surface area contributed by atoms with Crippen LogP contribution in [0.2, 0.25) is 0 Å². The Kier molecular flexibility index (Phi) is 4.11. The normalized spacial score (nSPS) is 23.1. The van der Waals surface area contributed by atoms with Crippen LogP contribution in [0.5, 0.6) is 0 Å². The summed E-state index contributed by atoms with van der Waals surface area (Å²) in [5, 5.41) is 12.7. The van der Waals surface area contributed by atoms with Crippen LogP contribution < -0.4 is 11.1 Å². The summed E-state index contributed by atoms with van der Waals surface area (Å²) >= 11 is 0. The number of nitrogens with zero attached hydrogens (tertiary/aromatic N) is 1. The van der Waals surface area contributed by atoms with Gasteiger partial charge in [0.1, 0.15) is 0 Å². The molecule has 0 aromatic heterocycles. The summed E-state index contributed by atoms with van der Waals surface area (Å²) in [5.41, 5.74) is 7.56. The Hall–Kier alpha value is -1.53. The average molecular weight is 257 g/mol. The SMILES string of the molecule is CC(C)(C#N)c1ccc(NC2CCCC2CN)cc1. The number of anilines is 1. The highest BCUT2D eigenvalue weighted by molar-refractivity contribution is 5.48. The molecule has 102 valence electrons. The molecule has 0 aliphatic heterocycles. The smallest absolute Gasteiger partial charge is 0.0766 e. The van der Waals surface area contributed by atoms with Crippen LogP contribution in [0.1, 0.15) is 38.7 Å². The molecule has 0 amide bonds. The first-order chi connectivity index (χ1) is 9.06. The number of benzene rings is 1. The lowest BCUT2D eigenvalue weighted by Crippen LogP contribution is -2.29. The van der Waals surface area contributed by atoms with E-state index in [4.69, 9.17) is 11.0 Å². The van der Waals surface area contributed by atoms with Crippen LogP contribution in [0.15, 0.2) is 24.3 Å². The minimum absolute atomic E-state index is 0.425. The number of nitriles is 1. The zero-order valence-corrected chi connectivity index (χ0v) is 11.8. The van der Waals surface area contributed by atoms with E-state index in [1.54, 1.807) is 0 Å². The van der Waals surface area contributed by atoms with Gasteiger partial charge in [-0.2, -0.15) is 5.26 Å². The maximum Gasteiger partial charge on any atom is 0.0766 e. The third-order valence-electron chi connectivity index (χ3n) is 4.20. The summed E-state index contributed by atoms with van der Waals surface area (Å²) in [6.07, 6.45) is 3.69. The van der Waals surface area contributed by atoms with Gasteiger partial charge in [0.25, 0.3) is 0 Å². The van der Waals surface area contributed by atoms with Crippen molar-refractivity contribution in [3.05, 3.63) is 29.8 Å². The van der Waals surface area contributed by atoms with Crippen molar-refractivity contribution in [3.8, 4) is 6.07 Å². The van der Waals surface area contributed by atoms with Gasteiger partial charge < -0.3 is 11.1 Å². The zero-order valence-electron chi connectivity index (χ0n) is 11.8. The van der Waals surface area contributed by atoms with Gasteiger partial charge in [-0.05, 0) is 56.8 Å². The Morgan fingerprint density at radius 2 is 2.00 bits per heavy atom. The molecule has 0 saturated heterocycles. The van der Waals surface area contributed by atoms with Gasteiger partial charge in [-0.25, -0.2) is 0 Å². The van der Waals surface area contributed by atoms with Crippen molar-refractivity contribution in [2.24, 2.45) is 11.7 Å². The van der Waals surface area contributed by atoms with Gasteiger partial charge in [-0.15, -0.1) is 0 Å². The van der Waals surface area contributed by atoms with Crippen molar-refractivity contribution in [3.63, 3.8) is 0 Å². The van der Waals surface area contributed by atoms with Crippen LogP contribution in [0.25, 0.3) is 0 Å². The second-order valence-electron chi connectivity index (χ2n) is 5.99. The molecule has 19 heavy (non-hydrogen) atoms. The second-order valence-corrected chi connectivity index (χ2v) is 5.99. The minimum Gasteiger partial charge on any atom is -0.382 e. The lowest BCUT2D eigenvalue weighted by Gasteiger charge is -2.22. The van der Waals surface area contributed by atoms with E-state index in [1.807, 2.05) is 26.0 Å². The Balaban J connectivity index is 2.05. The number of nitrogens with two attached hydrogens (primary N) is 1. The van der Waals surface area contributed by atoms with Crippen molar-refractivity contribution in [2.75, 3.05) is 11.9 Å². The highest BCUT2D eigenvalue weighted by atomic mass is 14.9. The largest absolute Gasteiger partial charge is 0.382 e. The van der Waals surface area contributed by atoms with Crippen LogP contribution in [0.3, 0.4) is 0 Å². The lowest BCUT2D eigenvalue weighted by molar-refractivity contribution is 0.516. The van der Waals surface area contributed by atoms with Crippen molar-refractivity contribution < 1.29 is 0 Å². The molecule has 3 nitrogen and oxygen atoms in total. The summed E-state index contributed by atoms with van der Waals surface area (Å²) in [5.74, 6) is 0.593. The first kappa shape index (κ1) is 13.9. The first-order valence-corrected chi connectivity index (χ1v) is 7.05. The van der Waals surface area contributed by atoms with Gasteiger partial charge in [0.2, 0.25) is 0 Å². The highest BCUT2D eigenvalue weighted by Crippen LogP contribution is 2.29. The molecule has 3 heteroatoms. The van der Waals surface area contributed by atoms with Gasteiger partial charge in [-0.3, -0.25) is 0 Å². The Morgan fingerprint density at radius 1 is 1.32 bits per heavy atom. The topological polar surface area (TPSA) is 61.8 Å². The molecule has 0 bridgehead atoms. The Morgan fingerprint density at radius 3 is 2.58 bits per heavy atom. The molecule has 0 spiro atoms. The highest BCUT2D eigenvalue weighted by Gasteiger charge is 2.26. The van der Waals surface area contributed by atoms with Crippen LogP contribution >= 0.6 is 0 Å². The predicted molar refractivity (Wildman–Crippen MR) is 78.9 cm³/mol. The Labute approximate surface area is 115 Å². The van der Waals surface area contributed by atoms with Crippen molar-refractivity contribution >= 4 is 5.69 Å². The van der Waals surface area contributed by atoms with Crippen LogP contribution in [-0.4, -0.2) is 12.6 Å². The molecule has 2 atom stereocenters. The van der Waals surface area contributed by atoms with Crippen molar-refractivity contribution in [1.29, 1.82) is 5.26 Å². The second kappa shape index (κ2) is 5.63. The fraction of sp³-hybridized carbons (Fsp3) is 0.562. The van der Waals surface area contributed by atoms with Gasteiger partial charge in [0, 0.05) is 11.7 Å². The van der Waals surface area contributed by atoms with Crippen LogP contribution in [-0.2, 0) is 5.41 Å². The molecule has 0 heterocycles. The summed E-state index contributed by atoms with van der Waals surface area (Å²) in [6.45, 7) is 4.64. The molecule has 1 fully saturated rings.